The van der Waals surface area contributed by atoms with E-state index in [0.29, 0.717) is 32.4 Å². The number of nitrogens with one attached hydrogen (secondary N) is 2. The molecule has 0 unspecified atom stereocenters. The van der Waals surface area contributed by atoms with Gasteiger partial charge in [-0.1, -0.05) is 206 Å². The topological polar surface area (TPSA) is 169 Å². The third-order valence-corrected chi connectivity index (χ3v) is 13.0. The standard InChI is InChI=1S/C51H99N3O8/c1-4-6-8-10-12-14-16-18-20-22-24-26-28-30-32-37-41-54(45(56)38-34-31-29-27-25-23-21-19-17-15-13-11-9-7-5-2)51-47(49(60)48(59)44(42-55)62-51)53-50(61)43(3)52-40-36-33-35-39-46(57)58/h43-44,47-49,51-52,55,59-60H,4-42H2,1-3H3,(H,53,61)(H,57,58)/t43-,44+,47-,48+,49+,51+/m0/s1. The Bertz CT molecular complexity index is 1070. The maximum atomic E-state index is 14.1. The second-order valence-corrected chi connectivity index (χ2v) is 18.7. The molecule has 1 aliphatic rings. The Labute approximate surface area is 380 Å². The van der Waals surface area contributed by atoms with Gasteiger partial charge in [-0.3, -0.25) is 14.4 Å². The fourth-order valence-electron chi connectivity index (χ4n) is 8.81. The van der Waals surface area contributed by atoms with Crippen molar-refractivity contribution in [2.45, 2.75) is 289 Å². The maximum absolute atomic E-state index is 14.1. The van der Waals surface area contributed by atoms with E-state index in [2.05, 4.69) is 24.5 Å². The van der Waals surface area contributed by atoms with Crippen molar-refractivity contribution in [3.63, 3.8) is 0 Å². The van der Waals surface area contributed by atoms with Crippen LogP contribution in [0.15, 0.2) is 0 Å². The van der Waals surface area contributed by atoms with Gasteiger partial charge in [0, 0.05) is 19.4 Å². The number of unbranched alkanes of at least 4 members (excludes halogenated alkanes) is 31. The quantitative estimate of drug-likeness (QED) is 0.0326. The van der Waals surface area contributed by atoms with Gasteiger partial charge < -0.3 is 40.7 Å². The van der Waals surface area contributed by atoms with E-state index in [-0.39, 0.29) is 12.3 Å². The molecule has 0 aliphatic carbocycles. The van der Waals surface area contributed by atoms with Crippen LogP contribution in [0.3, 0.4) is 0 Å². The minimum atomic E-state index is -1.45. The summed E-state index contributed by atoms with van der Waals surface area (Å²) in [5, 5.41) is 47.3. The van der Waals surface area contributed by atoms with Crippen molar-refractivity contribution in [2.24, 2.45) is 0 Å². The minimum Gasteiger partial charge on any atom is -0.481 e. The van der Waals surface area contributed by atoms with E-state index in [1.54, 1.807) is 11.8 Å². The van der Waals surface area contributed by atoms with E-state index in [4.69, 9.17) is 9.84 Å². The van der Waals surface area contributed by atoms with Crippen LogP contribution in [-0.4, -0.2) is 99.4 Å². The van der Waals surface area contributed by atoms with Crippen molar-refractivity contribution in [1.82, 2.24) is 15.5 Å². The summed E-state index contributed by atoms with van der Waals surface area (Å²) in [6.07, 6.45) is 35.9. The largest absolute Gasteiger partial charge is 0.481 e. The van der Waals surface area contributed by atoms with E-state index in [9.17, 15) is 29.7 Å². The molecule has 6 N–H and O–H groups in total. The number of hydrogen-bond acceptors (Lipinski definition) is 8. The lowest BCUT2D eigenvalue weighted by Gasteiger charge is -2.47. The van der Waals surface area contributed by atoms with Crippen molar-refractivity contribution in [1.29, 1.82) is 0 Å². The summed E-state index contributed by atoms with van der Waals surface area (Å²) in [6, 6.07) is -1.73. The second kappa shape index (κ2) is 40.7. The van der Waals surface area contributed by atoms with Crippen molar-refractivity contribution in [3.05, 3.63) is 0 Å². The second-order valence-electron chi connectivity index (χ2n) is 18.7. The van der Waals surface area contributed by atoms with Crippen molar-refractivity contribution in [2.75, 3.05) is 19.7 Å². The summed E-state index contributed by atoms with van der Waals surface area (Å²) in [5.74, 6) is -1.32. The van der Waals surface area contributed by atoms with Gasteiger partial charge in [-0.25, -0.2) is 0 Å². The number of aliphatic hydroxyl groups excluding tert-OH is 3. The summed E-state index contributed by atoms with van der Waals surface area (Å²) in [4.78, 5) is 40.0. The number of nitrogens with zero attached hydrogens (tertiary/aromatic N) is 1. The molecule has 2 amide bonds. The predicted octanol–water partition coefficient (Wildman–Crippen LogP) is 10.9. The Hall–Kier alpha value is -1.79. The normalized spacial score (nSPS) is 19.4. The van der Waals surface area contributed by atoms with E-state index < -0.39 is 55.1 Å². The van der Waals surface area contributed by atoms with Gasteiger partial charge in [0.1, 0.15) is 24.4 Å². The van der Waals surface area contributed by atoms with Crippen LogP contribution in [0.4, 0.5) is 0 Å². The summed E-state index contributed by atoms with van der Waals surface area (Å²) >= 11 is 0. The molecule has 0 saturated carbocycles. The summed E-state index contributed by atoms with van der Waals surface area (Å²) in [7, 11) is 0. The number of carboxylic acid groups (broad SMARTS) is 1. The molecule has 366 valence electrons. The average molecular weight is 882 g/mol. The number of aliphatic carboxylic acids is 1. The lowest BCUT2D eigenvalue weighted by molar-refractivity contribution is -0.231. The highest BCUT2D eigenvalue weighted by Crippen LogP contribution is 2.26. The highest BCUT2D eigenvalue weighted by atomic mass is 16.5. The lowest BCUT2D eigenvalue weighted by Crippen LogP contribution is -2.69. The Balaban J connectivity index is 2.71. The van der Waals surface area contributed by atoms with Gasteiger partial charge in [0.05, 0.1) is 12.6 Å². The Morgan fingerprint density at radius 2 is 0.935 bits per heavy atom. The molecular weight excluding hydrogens is 783 g/mol. The number of amides is 2. The molecule has 1 saturated heterocycles. The molecule has 1 rings (SSSR count). The molecule has 11 heteroatoms. The van der Waals surface area contributed by atoms with Gasteiger partial charge in [-0.2, -0.15) is 0 Å². The molecule has 0 spiro atoms. The highest BCUT2D eigenvalue weighted by molar-refractivity contribution is 5.82. The Morgan fingerprint density at radius 3 is 1.35 bits per heavy atom. The smallest absolute Gasteiger partial charge is 0.303 e. The van der Waals surface area contributed by atoms with Crippen LogP contribution < -0.4 is 10.6 Å². The first-order chi connectivity index (χ1) is 30.2. The fourth-order valence-corrected chi connectivity index (χ4v) is 8.81. The van der Waals surface area contributed by atoms with Gasteiger partial charge in [0.15, 0.2) is 6.23 Å². The summed E-state index contributed by atoms with van der Waals surface area (Å²) in [5.41, 5.74) is 0. The third kappa shape index (κ3) is 29.6. The van der Waals surface area contributed by atoms with Crippen LogP contribution >= 0.6 is 0 Å². The van der Waals surface area contributed by atoms with Gasteiger partial charge in [-0.05, 0) is 39.2 Å². The number of rotatable bonds is 44. The van der Waals surface area contributed by atoms with Gasteiger partial charge >= 0.3 is 5.97 Å². The predicted molar refractivity (Wildman–Crippen MR) is 254 cm³/mol. The van der Waals surface area contributed by atoms with E-state index in [1.165, 1.54) is 154 Å². The molecule has 0 radical (unpaired) electrons. The van der Waals surface area contributed by atoms with Gasteiger partial charge in [-0.15, -0.1) is 0 Å². The molecule has 1 aliphatic heterocycles. The van der Waals surface area contributed by atoms with Crippen LogP contribution in [0.25, 0.3) is 0 Å². The zero-order chi connectivity index (χ0) is 45.5. The van der Waals surface area contributed by atoms with Gasteiger partial charge in [0.25, 0.3) is 0 Å². The van der Waals surface area contributed by atoms with Crippen LogP contribution in [0, 0.1) is 0 Å². The highest BCUT2D eigenvalue weighted by Gasteiger charge is 2.48. The van der Waals surface area contributed by atoms with Crippen molar-refractivity contribution < 1.29 is 39.5 Å². The molecular formula is C51H99N3O8. The van der Waals surface area contributed by atoms with Gasteiger partial charge in [0.2, 0.25) is 11.8 Å². The third-order valence-electron chi connectivity index (χ3n) is 13.0. The molecule has 62 heavy (non-hydrogen) atoms. The molecule has 1 heterocycles. The molecule has 0 aromatic rings. The van der Waals surface area contributed by atoms with Crippen LogP contribution in [0.2, 0.25) is 0 Å². The number of aliphatic hydroxyl groups is 3. The van der Waals surface area contributed by atoms with Crippen LogP contribution in [0.5, 0.6) is 0 Å². The lowest BCUT2D eigenvalue weighted by atomic mass is 9.94. The molecule has 1 fully saturated rings. The molecule has 6 atom stereocenters. The molecule has 0 aromatic heterocycles. The zero-order valence-electron chi connectivity index (χ0n) is 40.4. The molecule has 11 nitrogen and oxygen atoms in total. The van der Waals surface area contributed by atoms with E-state index in [0.717, 1.165) is 51.4 Å². The Morgan fingerprint density at radius 1 is 0.548 bits per heavy atom. The maximum Gasteiger partial charge on any atom is 0.303 e. The van der Waals surface area contributed by atoms with Crippen molar-refractivity contribution in [3.8, 4) is 0 Å². The van der Waals surface area contributed by atoms with E-state index in [1.807, 2.05) is 0 Å². The first-order valence-corrected chi connectivity index (χ1v) is 26.3. The van der Waals surface area contributed by atoms with Crippen LogP contribution in [0.1, 0.15) is 252 Å². The fraction of sp³-hybridized carbons (Fsp3) is 0.941. The average Bonchev–Trinajstić information content (AvgIpc) is 3.26. The number of carbonyl (C=O) groups excluding carboxylic acids is 2. The minimum absolute atomic E-state index is 0.0993. The van der Waals surface area contributed by atoms with Crippen molar-refractivity contribution >= 4 is 17.8 Å². The molecule has 0 bridgehead atoms. The Kier molecular flexibility index (Phi) is 38.2. The van der Waals surface area contributed by atoms with Crippen LogP contribution in [-0.2, 0) is 19.1 Å². The first kappa shape index (κ1) is 58.2. The zero-order valence-corrected chi connectivity index (χ0v) is 40.4. The van der Waals surface area contributed by atoms with E-state index >= 15 is 0 Å². The number of carboxylic acids is 1. The SMILES string of the molecule is CCCCCCCCCCCCCCCCCCN(C(=O)CCCCCCCCCCCCCCCCC)[C@@H]1O[C@H](CO)[C@@H](O)[C@H](O)[C@@H]1NC(=O)[C@H](C)NCCCCCC(=O)O. The number of carbonyl (C=O) groups is 3. The summed E-state index contributed by atoms with van der Waals surface area (Å²) in [6.45, 7) is 6.62. The number of ether oxygens (including phenoxy) is 1. The molecule has 0 aromatic carbocycles. The monoisotopic (exact) mass is 882 g/mol. The summed E-state index contributed by atoms with van der Waals surface area (Å²) < 4.78 is 6.21. The first-order valence-electron chi connectivity index (χ1n) is 26.3. The number of hydrogen-bond donors (Lipinski definition) is 6.